The molecule has 1 aromatic heterocycles. The smallest absolute Gasteiger partial charge is 0.272 e. The molecule has 5 heteroatoms. The van der Waals surface area contributed by atoms with E-state index in [-0.39, 0.29) is 23.7 Å². The van der Waals surface area contributed by atoms with Gasteiger partial charge < -0.3 is 9.88 Å². The van der Waals surface area contributed by atoms with E-state index in [1.54, 1.807) is 12.1 Å². The molecule has 1 N–H and O–H groups in total. The Hall–Kier alpha value is -2.95. The average molecular weight is 379 g/mol. The van der Waals surface area contributed by atoms with Crippen molar-refractivity contribution in [2.45, 2.75) is 46.2 Å². The normalized spacial score (nSPS) is 11.2. The number of aromatic nitrogens is 2. The van der Waals surface area contributed by atoms with Crippen molar-refractivity contribution in [1.82, 2.24) is 14.9 Å². The fourth-order valence-electron chi connectivity index (χ4n) is 3.35. The molecule has 0 aliphatic carbocycles. The third-order valence-electron chi connectivity index (χ3n) is 4.62. The highest BCUT2D eigenvalue weighted by Gasteiger charge is 2.26. The quantitative estimate of drug-likeness (QED) is 0.630. The Kier molecular flexibility index (Phi) is 5.93. The maximum atomic E-state index is 13.4. The number of nitrogens with zero attached hydrogens (tertiary/aromatic N) is 2. The lowest BCUT2D eigenvalue weighted by atomic mass is 10.1. The Balaban J connectivity index is 2.01. The summed E-state index contributed by atoms with van der Waals surface area (Å²) in [6, 6.07) is 16.1. The van der Waals surface area contributed by atoms with Gasteiger partial charge in [-0.25, -0.2) is 9.37 Å². The van der Waals surface area contributed by atoms with E-state index in [0.717, 1.165) is 16.8 Å². The third kappa shape index (κ3) is 4.14. The van der Waals surface area contributed by atoms with E-state index in [2.05, 4.69) is 37.6 Å². The Morgan fingerprint density at radius 3 is 2.25 bits per heavy atom. The molecule has 0 fully saturated rings. The van der Waals surface area contributed by atoms with Gasteiger partial charge in [0.2, 0.25) is 0 Å². The van der Waals surface area contributed by atoms with Crippen molar-refractivity contribution in [3.05, 3.63) is 77.4 Å². The molecule has 0 unspecified atom stereocenters. The molecule has 0 radical (unpaired) electrons. The maximum Gasteiger partial charge on any atom is 0.272 e. The first kappa shape index (κ1) is 19.8. The van der Waals surface area contributed by atoms with Crippen LogP contribution in [-0.2, 0) is 6.54 Å². The summed E-state index contributed by atoms with van der Waals surface area (Å²) in [4.78, 5) is 17.7. The molecule has 1 heterocycles. The molecule has 0 atom stereocenters. The molecule has 3 aromatic rings. The van der Waals surface area contributed by atoms with Gasteiger partial charge in [-0.1, -0.05) is 44.2 Å². The van der Waals surface area contributed by atoms with Gasteiger partial charge in [0.25, 0.3) is 5.91 Å². The van der Waals surface area contributed by atoms with E-state index in [1.165, 1.54) is 12.1 Å². The van der Waals surface area contributed by atoms with Crippen LogP contribution < -0.4 is 5.32 Å². The minimum Gasteiger partial charge on any atom is -0.347 e. The Morgan fingerprint density at radius 2 is 1.68 bits per heavy atom. The second kappa shape index (κ2) is 8.38. The summed E-state index contributed by atoms with van der Waals surface area (Å²) in [6.45, 7) is 8.67. The molecule has 146 valence electrons. The van der Waals surface area contributed by atoms with Crippen LogP contribution in [0.3, 0.4) is 0 Å². The van der Waals surface area contributed by atoms with E-state index in [0.29, 0.717) is 18.1 Å². The van der Waals surface area contributed by atoms with Crippen LogP contribution in [0.2, 0.25) is 0 Å². The molecular formula is C23H26FN3O. The first-order valence-electron chi connectivity index (χ1n) is 9.58. The van der Waals surface area contributed by atoms with Crippen molar-refractivity contribution in [2.24, 2.45) is 0 Å². The lowest BCUT2D eigenvalue weighted by molar-refractivity contribution is 0.0944. The fourth-order valence-corrected chi connectivity index (χ4v) is 3.35. The van der Waals surface area contributed by atoms with Gasteiger partial charge in [0, 0.05) is 18.2 Å². The molecule has 0 aliphatic rings. The van der Waals surface area contributed by atoms with Gasteiger partial charge in [-0.05, 0) is 49.6 Å². The van der Waals surface area contributed by atoms with Crippen LogP contribution in [0.5, 0.6) is 0 Å². The molecular weight excluding hydrogens is 353 g/mol. The first-order valence-corrected chi connectivity index (χ1v) is 9.58. The van der Waals surface area contributed by atoms with Crippen molar-refractivity contribution < 1.29 is 9.18 Å². The number of imidazole rings is 1. The van der Waals surface area contributed by atoms with Gasteiger partial charge >= 0.3 is 0 Å². The maximum absolute atomic E-state index is 13.4. The zero-order valence-electron chi connectivity index (χ0n) is 16.7. The summed E-state index contributed by atoms with van der Waals surface area (Å²) in [5.41, 5.74) is 3.14. The Bertz CT molecular complexity index is 944. The largest absolute Gasteiger partial charge is 0.347 e. The topological polar surface area (TPSA) is 46.9 Å². The summed E-state index contributed by atoms with van der Waals surface area (Å²) in [6.07, 6.45) is 0. The van der Waals surface area contributed by atoms with E-state index >= 15 is 0 Å². The van der Waals surface area contributed by atoms with Crippen molar-refractivity contribution >= 4 is 5.91 Å². The minimum atomic E-state index is -0.295. The Labute approximate surface area is 165 Å². The van der Waals surface area contributed by atoms with Crippen molar-refractivity contribution in [2.75, 3.05) is 0 Å². The molecule has 2 aromatic carbocycles. The zero-order valence-corrected chi connectivity index (χ0v) is 16.7. The highest BCUT2D eigenvalue weighted by atomic mass is 19.1. The standard InChI is InChI=1S/C23H26FN3O/c1-15(2)21-20(23(28)25-14-17-8-6-5-7-9-17)26-22(27(21)16(3)4)18-10-12-19(24)13-11-18/h5-13,15-16H,14H2,1-4H3,(H,25,28). The molecule has 3 rings (SSSR count). The van der Waals surface area contributed by atoms with Crippen LogP contribution in [0.4, 0.5) is 4.39 Å². The van der Waals surface area contributed by atoms with Crippen LogP contribution in [-0.4, -0.2) is 15.5 Å². The fraction of sp³-hybridized carbons (Fsp3) is 0.304. The minimum absolute atomic E-state index is 0.112. The first-order chi connectivity index (χ1) is 13.4. The van der Waals surface area contributed by atoms with Crippen LogP contribution in [0.15, 0.2) is 54.6 Å². The summed E-state index contributed by atoms with van der Waals surface area (Å²) in [5, 5.41) is 2.98. The highest BCUT2D eigenvalue weighted by Crippen LogP contribution is 2.31. The molecule has 0 saturated heterocycles. The van der Waals surface area contributed by atoms with E-state index < -0.39 is 0 Å². The number of nitrogens with one attached hydrogen (secondary N) is 1. The van der Waals surface area contributed by atoms with E-state index in [4.69, 9.17) is 4.98 Å². The van der Waals surface area contributed by atoms with Gasteiger partial charge in [-0.3, -0.25) is 4.79 Å². The number of halogens is 1. The van der Waals surface area contributed by atoms with E-state index in [9.17, 15) is 9.18 Å². The van der Waals surface area contributed by atoms with Crippen LogP contribution >= 0.6 is 0 Å². The predicted octanol–water partition coefficient (Wildman–Crippen LogP) is 5.32. The number of benzene rings is 2. The van der Waals surface area contributed by atoms with Crippen molar-refractivity contribution in [3.8, 4) is 11.4 Å². The molecule has 4 nitrogen and oxygen atoms in total. The predicted molar refractivity (Wildman–Crippen MR) is 110 cm³/mol. The van der Waals surface area contributed by atoms with Gasteiger partial charge in [0.1, 0.15) is 17.3 Å². The summed E-state index contributed by atoms with van der Waals surface area (Å²) < 4.78 is 15.5. The number of hydrogen-bond donors (Lipinski definition) is 1. The Morgan fingerprint density at radius 1 is 1.04 bits per heavy atom. The monoisotopic (exact) mass is 379 g/mol. The molecule has 0 spiro atoms. The second-order valence-corrected chi connectivity index (χ2v) is 7.46. The average Bonchev–Trinajstić information content (AvgIpc) is 3.09. The van der Waals surface area contributed by atoms with E-state index in [1.807, 2.05) is 30.3 Å². The molecule has 0 saturated carbocycles. The summed E-state index contributed by atoms with van der Waals surface area (Å²) >= 11 is 0. The zero-order chi connectivity index (χ0) is 20.3. The van der Waals surface area contributed by atoms with Crippen molar-refractivity contribution in [3.63, 3.8) is 0 Å². The number of amides is 1. The van der Waals surface area contributed by atoms with Gasteiger partial charge in [-0.2, -0.15) is 0 Å². The van der Waals surface area contributed by atoms with Crippen molar-refractivity contribution in [1.29, 1.82) is 0 Å². The number of hydrogen-bond acceptors (Lipinski definition) is 2. The molecule has 0 bridgehead atoms. The number of carbonyl (C=O) groups excluding carboxylic acids is 1. The highest BCUT2D eigenvalue weighted by molar-refractivity contribution is 5.94. The summed E-state index contributed by atoms with van der Waals surface area (Å²) in [7, 11) is 0. The number of rotatable bonds is 6. The molecule has 1 amide bonds. The summed E-state index contributed by atoms with van der Waals surface area (Å²) in [5.74, 6) is 0.303. The lowest BCUT2D eigenvalue weighted by Gasteiger charge is -2.18. The van der Waals surface area contributed by atoms with Gasteiger partial charge in [0.15, 0.2) is 0 Å². The van der Waals surface area contributed by atoms with Crippen LogP contribution in [0, 0.1) is 5.82 Å². The van der Waals surface area contributed by atoms with Gasteiger partial charge in [-0.15, -0.1) is 0 Å². The SMILES string of the molecule is CC(C)c1c(C(=O)NCc2ccccc2)nc(-c2ccc(F)cc2)n1C(C)C. The van der Waals surface area contributed by atoms with Gasteiger partial charge in [0.05, 0.1) is 5.69 Å². The van der Waals surface area contributed by atoms with Crippen LogP contribution in [0.1, 0.15) is 61.4 Å². The molecule has 0 aliphatic heterocycles. The lowest BCUT2D eigenvalue weighted by Crippen LogP contribution is -2.25. The second-order valence-electron chi connectivity index (χ2n) is 7.46. The van der Waals surface area contributed by atoms with Crippen LogP contribution in [0.25, 0.3) is 11.4 Å². The number of carbonyl (C=O) groups is 1. The molecule has 28 heavy (non-hydrogen) atoms. The third-order valence-corrected chi connectivity index (χ3v) is 4.62.